The van der Waals surface area contributed by atoms with Crippen molar-refractivity contribution < 1.29 is 9.18 Å². The number of hydrogen-bond acceptors (Lipinski definition) is 5. The zero-order valence-electron chi connectivity index (χ0n) is 16.7. The topological polar surface area (TPSA) is 77.5 Å². The number of nitriles is 2. The third-order valence-corrected chi connectivity index (χ3v) is 7.39. The first-order valence-corrected chi connectivity index (χ1v) is 11.6. The second-order valence-electron chi connectivity index (χ2n) is 7.72. The first-order chi connectivity index (χ1) is 15.4. The largest absolute Gasteiger partial charge is 0.297 e. The van der Waals surface area contributed by atoms with Crippen molar-refractivity contribution in [3.8, 4) is 23.4 Å². The Morgan fingerprint density at radius 3 is 2.56 bits per heavy atom. The Morgan fingerprint density at radius 1 is 1.16 bits per heavy atom. The molecule has 0 radical (unpaired) electrons. The first kappa shape index (κ1) is 22.4. The quantitative estimate of drug-likeness (QED) is 0.398. The number of carbonyl (C=O) groups excluding carboxylic acids is 1. The number of ketones is 1. The van der Waals surface area contributed by atoms with Gasteiger partial charge in [0.05, 0.1) is 27.8 Å². The highest BCUT2D eigenvalue weighted by Crippen LogP contribution is 2.46. The number of benzene rings is 2. The molecule has 0 amide bonds. The summed E-state index contributed by atoms with van der Waals surface area (Å²) in [4.78, 5) is 18.3. The summed E-state index contributed by atoms with van der Waals surface area (Å²) in [6.45, 7) is 0. The lowest BCUT2D eigenvalue weighted by Gasteiger charge is -2.29. The molecule has 0 bridgehead atoms. The smallest absolute Gasteiger partial charge is 0.167 e. The molecule has 8 heteroatoms. The minimum Gasteiger partial charge on any atom is -0.297 e. The van der Waals surface area contributed by atoms with Crippen LogP contribution in [0.2, 0.25) is 10.0 Å². The molecule has 32 heavy (non-hydrogen) atoms. The summed E-state index contributed by atoms with van der Waals surface area (Å²) in [6, 6.07) is 13.2. The molecule has 4 rings (SSSR count). The van der Waals surface area contributed by atoms with Crippen molar-refractivity contribution in [3.05, 3.63) is 73.8 Å². The summed E-state index contributed by atoms with van der Waals surface area (Å²) in [6.07, 6.45) is 2.71. The molecule has 1 aliphatic carbocycles. The summed E-state index contributed by atoms with van der Waals surface area (Å²) >= 11 is 13.5. The highest BCUT2D eigenvalue weighted by molar-refractivity contribution is 7.10. The van der Waals surface area contributed by atoms with Gasteiger partial charge in [0, 0.05) is 16.0 Å². The van der Waals surface area contributed by atoms with Crippen molar-refractivity contribution in [1.29, 1.82) is 10.5 Å². The van der Waals surface area contributed by atoms with Gasteiger partial charge in [-0.15, -0.1) is 11.3 Å². The van der Waals surface area contributed by atoms with E-state index < -0.39 is 17.2 Å². The lowest BCUT2D eigenvalue weighted by atomic mass is 9.71. The summed E-state index contributed by atoms with van der Waals surface area (Å²) < 4.78 is 13.9. The maximum atomic E-state index is 13.9. The fraction of sp³-hybridized carbons (Fsp3) is 0.250. The van der Waals surface area contributed by atoms with Gasteiger partial charge in [-0.2, -0.15) is 10.5 Å². The number of Topliss-reactive ketones (excluding diaryl/α,β-unsaturated/α-hetero) is 1. The molecule has 2 aromatic carbocycles. The van der Waals surface area contributed by atoms with E-state index >= 15 is 0 Å². The van der Waals surface area contributed by atoms with E-state index in [0.29, 0.717) is 44.7 Å². The van der Waals surface area contributed by atoms with E-state index in [4.69, 9.17) is 23.2 Å². The molecule has 1 fully saturated rings. The van der Waals surface area contributed by atoms with Crippen LogP contribution in [0.3, 0.4) is 0 Å². The molecule has 0 N–H and O–H groups in total. The van der Waals surface area contributed by atoms with Crippen molar-refractivity contribution in [3.63, 3.8) is 0 Å². The minimum atomic E-state index is -1.08. The van der Waals surface area contributed by atoms with Crippen LogP contribution in [-0.4, -0.2) is 10.8 Å². The Balaban J connectivity index is 1.73. The van der Waals surface area contributed by atoms with Crippen molar-refractivity contribution in [2.45, 2.75) is 37.0 Å². The average molecular weight is 484 g/mol. The zero-order valence-corrected chi connectivity index (χ0v) is 19.1. The van der Waals surface area contributed by atoms with Crippen LogP contribution in [0.15, 0.2) is 41.8 Å². The molecule has 1 heterocycles. The van der Waals surface area contributed by atoms with Crippen molar-refractivity contribution >= 4 is 40.3 Å². The Kier molecular flexibility index (Phi) is 6.31. The van der Waals surface area contributed by atoms with Gasteiger partial charge in [-0.05, 0) is 48.7 Å². The van der Waals surface area contributed by atoms with Crippen LogP contribution >= 0.6 is 34.5 Å². The molecule has 1 atom stereocenters. The summed E-state index contributed by atoms with van der Waals surface area (Å²) in [5, 5.41) is 22.2. The summed E-state index contributed by atoms with van der Waals surface area (Å²) in [5.74, 6) is -1.97. The summed E-state index contributed by atoms with van der Waals surface area (Å²) in [5.41, 5.74) is 0.757. The molecule has 160 valence electrons. The number of aromatic nitrogens is 1. The van der Waals surface area contributed by atoms with E-state index in [1.807, 2.05) is 6.07 Å². The average Bonchev–Trinajstić information content (AvgIpc) is 3.45. The van der Waals surface area contributed by atoms with Gasteiger partial charge in [0.2, 0.25) is 0 Å². The van der Waals surface area contributed by atoms with Gasteiger partial charge in [0.25, 0.3) is 0 Å². The molecule has 1 saturated carbocycles. The molecule has 0 spiro atoms. The molecule has 1 aliphatic rings. The van der Waals surface area contributed by atoms with Gasteiger partial charge in [-0.25, -0.2) is 9.37 Å². The second-order valence-corrected chi connectivity index (χ2v) is 9.45. The second kappa shape index (κ2) is 9.00. The number of hydrogen-bond donors (Lipinski definition) is 0. The normalized spacial score (nSPS) is 15.7. The van der Waals surface area contributed by atoms with E-state index in [2.05, 4.69) is 11.1 Å². The van der Waals surface area contributed by atoms with Crippen LogP contribution in [0, 0.1) is 28.5 Å². The fourth-order valence-corrected chi connectivity index (χ4v) is 5.67. The Hall–Kier alpha value is -2.77. The van der Waals surface area contributed by atoms with Crippen molar-refractivity contribution in [2.75, 3.05) is 0 Å². The van der Waals surface area contributed by atoms with Gasteiger partial charge in [-0.1, -0.05) is 42.1 Å². The predicted octanol–water partition coefficient (Wildman–Crippen LogP) is 6.82. The Bertz CT molecular complexity index is 1290. The molecular formula is C24H16Cl2FN3OS. The van der Waals surface area contributed by atoms with Crippen LogP contribution in [0.5, 0.6) is 0 Å². The van der Waals surface area contributed by atoms with Crippen LogP contribution in [-0.2, 0) is 10.2 Å². The van der Waals surface area contributed by atoms with Gasteiger partial charge < -0.3 is 0 Å². The zero-order chi connectivity index (χ0) is 22.9. The molecule has 1 unspecified atom stereocenters. The molecule has 3 aromatic rings. The highest BCUT2D eigenvalue weighted by Gasteiger charge is 2.47. The molecular weight excluding hydrogens is 468 g/mol. The van der Waals surface area contributed by atoms with E-state index in [0.717, 1.165) is 12.8 Å². The SMILES string of the molecule is N#Cc1cc(C2(C(=O)C(C#N)c3nc(-c4ccc(Cl)cc4Cl)cs3)CCCC2)ccc1F. The number of nitrogens with zero attached hydrogens (tertiary/aromatic N) is 3. The van der Waals surface area contributed by atoms with Gasteiger partial charge >= 0.3 is 0 Å². The maximum absolute atomic E-state index is 13.9. The minimum absolute atomic E-state index is 0.107. The maximum Gasteiger partial charge on any atom is 0.167 e. The number of halogens is 3. The van der Waals surface area contributed by atoms with Crippen molar-refractivity contribution in [1.82, 2.24) is 4.98 Å². The number of carbonyl (C=O) groups is 1. The Morgan fingerprint density at radius 2 is 1.91 bits per heavy atom. The van der Waals surface area contributed by atoms with E-state index in [1.54, 1.807) is 29.6 Å². The number of thiazole rings is 1. The van der Waals surface area contributed by atoms with Crippen LogP contribution in [0.25, 0.3) is 11.3 Å². The van der Waals surface area contributed by atoms with E-state index in [1.165, 1.54) is 23.5 Å². The van der Waals surface area contributed by atoms with Crippen molar-refractivity contribution in [2.24, 2.45) is 0 Å². The van der Waals surface area contributed by atoms with Crippen LogP contribution in [0.1, 0.15) is 47.7 Å². The monoisotopic (exact) mass is 483 g/mol. The standard InChI is InChI=1S/C24H16Cl2FN3OS/c25-16-4-5-17(19(26)10-16)21-13-32-23(30-21)18(12-29)22(31)24(7-1-2-8-24)15-3-6-20(27)14(9-15)11-28/h3-6,9-10,13,18H,1-2,7-8H2. The lowest BCUT2D eigenvalue weighted by molar-refractivity contribution is -0.124. The third-order valence-electron chi connectivity index (χ3n) is 5.94. The number of rotatable bonds is 5. The van der Waals surface area contributed by atoms with Gasteiger partial charge in [0.1, 0.15) is 16.9 Å². The fourth-order valence-electron chi connectivity index (χ4n) is 4.31. The van der Waals surface area contributed by atoms with Gasteiger partial charge in [-0.3, -0.25) is 4.79 Å². The van der Waals surface area contributed by atoms with Crippen LogP contribution < -0.4 is 0 Å². The van der Waals surface area contributed by atoms with Gasteiger partial charge in [0.15, 0.2) is 11.7 Å². The first-order valence-electron chi connectivity index (χ1n) is 9.94. The molecule has 0 aliphatic heterocycles. The predicted molar refractivity (Wildman–Crippen MR) is 122 cm³/mol. The molecule has 0 saturated heterocycles. The van der Waals surface area contributed by atoms with Crippen LogP contribution in [0.4, 0.5) is 4.39 Å². The highest BCUT2D eigenvalue weighted by atomic mass is 35.5. The van der Waals surface area contributed by atoms with E-state index in [-0.39, 0.29) is 11.3 Å². The Labute approximate surface area is 198 Å². The third kappa shape index (κ3) is 3.91. The van der Waals surface area contributed by atoms with E-state index in [9.17, 15) is 19.7 Å². The summed E-state index contributed by atoms with van der Waals surface area (Å²) in [7, 11) is 0. The molecule has 1 aromatic heterocycles. The molecule has 4 nitrogen and oxygen atoms in total. The lowest BCUT2D eigenvalue weighted by Crippen LogP contribution is -2.36.